The van der Waals surface area contributed by atoms with Crippen LogP contribution in [-0.4, -0.2) is 25.2 Å². The van der Waals surface area contributed by atoms with Gasteiger partial charge >= 0.3 is 11.9 Å². The molecule has 0 N–H and O–H groups in total. The molecule has 0 aromatic carbocycles. The van der Waals surface area contributed by atoms with Crippen molar-refractivity contribution in [2.45, 2.75) is 54.9 Å². The van der Waals surface area contributed by atoms with Crippen LogP contribution in [0.15, 0.2) is 12.2 Å². The lowest BCUT2D eigenvalue weighted by atomic mass is 9.60. The van der Waals surface area contributed by atoms with Crippen LogP contribution in [-0.2, 0) is 19.1 Å². The maximum absolute atomic E-state index is 12.5. The monoisotopic (exact) mass is 298 g/mol. The summed E-state index contributed by atoms with van der Waals surface area (Å²) in [6.07, 6.45) is 0.896. The summed E-state index contributed by atoms with van der Waals surface area (Å²) in [5, 5.41) is 0. The van der Waals surface area contributed by atoms with Crippen LogP contribution in [0.3, 0.4) is 0 Å². The van der Waals surface area contributed by atoms with Gasteiger partial charge in [-0.2, -0.15) is 0 Å². The van der Waals surface area contributed by atoms with E-state index in [9.17, 15) is 9.59 Å². The SMILES string of the molecule is C=C(C)C(=O)OCCOC(=O)C(C)(C(C)CC)C(C)(C)C. The average molecular weight is 298 g/mol. The minimum Gasteiger partial charge on any atom is -0.462 e. The Balaban J connectivity index is 4.66. The van der Waals surface area contributed by atoms with Gasteiger partial charge in [-0.05, 0) is 25.2 Å². The molecule has 21 heavy (non-hydrogen) atoms. The maximum Gasteiger partial charge on any atom is 0.333 e. The Bertz CT molecular complexity index is 392. The van der Waals surface area contributed by atoms with Crippen molar-refractivity contribution in [1.29, 1.82) is 0 Å². The number of rotatable bonds is 7. The van der Waals surface area contributed by atoms with E-state index in [1.54, 1.807) is 6.92 Å². The van der Waals surface area contributed by atoms with Crippen LogP contribution in [0.5, 0.6) is 0 Å². The Kier molecular flexibility index (Phi) is 7.14. The number of carbonyl (C=O) groups excluding carboxylic acids is 2. The number of esters is 2. The molecule has 4 heteroatoms. The highest BCUT2D eigenvalue weighted by molar-refractivity contribution is 5.86. The van der Waals surface area contributed by atoms with E-state index in [1.807, 2.05) is 27.7 Å². The molecule has 0 heterocycles. The van der Waals surface area contributed by atoms with Crippen LogP contribution in [0.2, 0.25) is 0 Å². The normalized spacial score (nSPS) is 15.8. The van der Waals surface area contributed by atoms with E-state index < -0.39 is 11.4 Å². The lowest BCUT2D eigenvalue weighted by Gasteiger charge is -2.43. The van der Waals surface area contributed by atoms with Crippen molar-refractivity contribution in [3.05, 3.63) is 12.2 Å². The molecule has 0 aromatic rings. The average Bonchev–Trinajstić information content (AvgIpc) is 2.39. The van der Waals surface area contributed by atoms with Crippen LogP contribution in [0.1, 0.15) is 54.9 Å². The number of hydrogen-bond donors (Lipinski definition) is 0. The molecule has 122 valence electrons. The summed E-state index contributed by atoms with van der Waals surface area (Å²) >= 11 is 0. The molecule has 0 fully saturated rings. The fraction of sp³-hybridized carbons (Fsp3) is 0.765. The summed E-state index contributed by atoms with van der Waals surface area (Å²) < 4.78 is 10.3. The highest BCUT2D eigenvalue weighted by Gasteiger charge is 2.48. The van der Waals surface area contributed by atoms with E-state index >= 15 is 0 Å². The zero-order valence-electron chi connectivity index (χ0n) is 14.5. The van der Waals surface area contributed by atoms with E-state index in [2.05, 4.69) is 20.4 Å². The molecule has 2 unspecified atom stereocenters. The van der Waals surface area contributed by atoms with Gasteiger partial charge in [-0.25, -0.2) is 4.79 Å². The Morgan fingerprint density at radius 2 is 1.57 bits per heavy atom. The van der Waals surface area contributed by atoms with Crippen LogP contribution in [0.25, 0.3) is 0 Å². The first kappa shape index (κ1) is 19.7. The lowest BCUT2D eigenvalue weighted by Crippen LogP contribution is -2.46. The van der Waals surface area contributed by atoms with E-state index in [-0.39, 0.29) is 30.5 Å². The van der Waals surface area contributed by atoms with Gasteiger partial charge in [0.1, 0.15) is 13.2 Å². The molecule has 4 nitrogen and oxygen atoms in total. The van der Waals surface area contributed by atoms with Gasteiger partial charge in [-0.1, -0.05) is 47.6 Å². The number of hydrogen-bond acceptors (Lipinski definition) is 4. The van der Waals surface area contributed by atoms with E-state index in [1.165, 1.54) is 0 Å². The quantitative estimate of drug-likeness (QED) is 0.408. The zero-order valence-corrected chi connectivity index (χ0v) is 14.5. The molecule has 0 saturated carbocycles. The molecule has 0 amide bonds. The van der Waals surface area contributed by atoms with Gasteiger partial charge in [0.2, 0.25) is 0 Å². The van der Waals surface area contributed by atoms with Crippen molar-refractivity contribution in [3.63, 3.8) is 0 Å². The fourth-order valence-electron chi connectivity index (χ4n) is 2.20. The van der Waals surface area contributed by atoms with Crippen LogP contribution >= 0.6 is 0 Å². The number of carbonyl (C=O) groups is 2. The Labute approximate surface area is 128 Å². The van der Waals surface area contributed by atoms with Crippen molar-refractivity contribution in [2.75, 3.05) is 13.2 Å². The van der Waals surface area contributed by atoms with E-state index in [0.29, 0.717) is 5.57 Å². The second-order valence-electron chi connectivity index (χ2n) is 6.81. The Hall–Kier alpha value is -1.32. The molecule has 0 aliphatic heterocycles. The predicted octanol–water partition coefficient (Wildman–Crippen LogP) is 3.75. The second kappa shape index (κ2) is 7.62. The molecular weight excluding hydrogens is 268 g/mol. The minimum atomic E-state index is -0.583. The molecule has 0 aliphatic carbocycles. The summed E-state index contributed by atoms with van der Waals surface area (Å²) in [6.45, 7) is 17.4. The predicted molar refractivity (Wildman–Crippen MR) is 83.7 cm³/mol. The molecule has 0 saturated heterocycles. The summed E-state index contributed by atoms with van der Waals surface area (Å²) in [5.41, 5.74) is -0.464. The van der Waals surface area contributed by atoms with Gasteiger partial charge in [0.05, 0.1) is 5.41 Å². The summed E-state index contributed by atoms with van der Waals surface area (Å²) in [5.74, 6) is -0.509. The third-order valence-electron chi connectivity index (χ3n) is 4.48. The van der Waals surface area contributed by atoms with Crippen molar-refractivity contribution in [2.24, 2.45) is 16.7 Å². The van der Waals surface area contributed by atoms with Gasteiger partial charge in [0.25, 0.3) is 0 Å². The highest BCUT2D eigenvalue weighted by Crippen LogP contribution is 2.46. The van der Waals surface area contributed by atoms with Gasteiger partial charge in [0.15, 0.2) is 0 Å². The minimum absolute atomic E-state index is 0.0537. The molecular formula is C17H30O4. The molecule has 2 atom stereocenters. The van der Waals surface area contributed by atoms with Crippen molar-refractivity contribution < 1.29 is 19.1 Å². The molecule has 0 radical (unpaired) electrons. The Morgan fingerprint density at radius 3 is 1.95 bits per heavy atom. The summed E-state index contributed by atoms with van der Waals surface area (Å²) in [7, 11) is 0. The molecule has 0 spiro atoms. The largest absolute Gasteiger partial charge is 0.462 e. The highest BCUT2D eigenvalue weighted by atomic mass is 16.6. The molecule has 0 bridgehead atoms. The first-order chi connectivity index (χ1) is 9.48. The van der Waals surface area contributed by atoms with Crippen LogP contribution in [0, 0.1) is 16.7 Å². The van der Waals surface area contributed by atoms with Gasteiger partial charge < -0.3 is 9.47 Å². The smallest absolute Gasteiger partial charge is 0.333 e. The van der Waals surface area contributed by atoms with Gasteiger partial charge in [-0.15, -0.1) is 0 Å². The third-order valence-corrected chi connectivity index (χ3v) is 4.48. The first-order valence-corrected chi connectivity index (χ1v) is 7.48. The topological polar surface area (TPSA) is 52.6 Å². The third kappa shape index (κ3) is 4.87. The van der Waals surface area contributed by atoms with Crippen molar-refractivity contribution >= 4 is 11.9 Å². The van der Waals surface area contributed by atoms with E-state index in [4.69, 9.17) is 9.47 Å². The van der Waals surface area contributed by atoms with Crippen molar-refractivity contribution in [3.8, 4) is 0 Å². The fourth-order valence-corrected chi connectivity index (χ4v) is 2.20. The van der Waals surface area contributed by atoms with Crippen LogP contribution in [0.4, 0.5) is 0 Å². The molecule has 0 rings (SSSR count). The lowest BCUT2D eigenvalue weighted by molar-refractivity contribution is -0.169. The molecule has 0 aliphatic rings. The zero-order chi connectivity index (χ0) is 16.8. The van der Waals surface area contributed by atoms with Gasteiger partial charge in [0, 0.05) is 5.57 Å². The molecule has 0 aromatic heterocycles. The van der Waals surface area contributed by atoms with Crippen molar-refractivity contribution in [1.82, 2.24) is 0 Å². The maximum atomic E-state index is 12.5. The summed E-state index contributed by atoms with van der Waals surface area (Å²) in [4.78, 5) is 23.7. The Morgan fingerprint density at radius 1 is 1.10 bits per heavy atom. The summed E-state index contributed by atoms with van der Waals surface area (Å²) in [6, 6.07) is 0. The van der Waals surface area contributed by atoms with Gasteiger partial charge in [-0.3, -0.25) is 4.79 Å². The van der Waals surface area contributed by atoms with E-state index in [0.717, 1.165) is 6.42 Å². The second-order valence-corrected chi connectivity index (χ2v) is 6.81. The first-order valence-electron chi connectivity index (χ1n) is 7.48. The van der Waals surface area contributed by atoms with Crippen LogP contribution < -0.4 is 0 Å². The standard InChI is InChI=1S/C17H30O4/c1-9-13(4)17(8,16(5,6)7)15(19)21-11-10-20-14(18)12(2)3/h13H,2,9-11H2,1,3-8H3. The number of ether oxygens (including phenoxy) is 2.